The van der Waals surface area contributed by atoms with E-state index in [1.165, 1.54) is 11.8 Å². The summed E-state index contributed by atoms with van der Waals surface area (Å²) in [4.78, 5) is 16.6. The van der Waals surface area contributed by atoms with Crippen LogP contribution in [-0.2, 0) is 4.74 Å². The summed E-state index contributed by atoms with van der Waals surface area (Å²) in [6.45, 7) is 2.38. The van der Waals surface area contributed by atoms with Gasteiger partial charge in [0.25, 0.3) is 5.91 Å². The zero-order valence-corrected chi connectivity index (χ0v) is 12.0. The Labute approximate surface area is 116 Å². The highest BCUT2D eigenvalue weighted by Gasteiger charge is 2.18. The third-order valence-corrected chi connectivity index (χ3v) is 3.36. The highest BCUT2D eigenvalue weighted by atomic mass is 32.2. The monoisotopic (exact) mass is 279 g/mol. The lowest BCUT2D eigenvalue weighted by molar-refractivity contribution is 0.0902. The van der Waals surface area contributed by atoms with E-state index in [0.29, 0.717) is 12.3 Å². The minimum atomic E-state index is -0.173. The van der Waals surface area contributed by atoms with Crippen molar-refractivity contribution in [2.45, 2.75) is 18.1 Å². The van der Waals surface area contributed by atoms with Crippen LogP contribution < -0.4 is 5.32 Å². The number of fused-ring (bicyclic) bond motifs is 1. The number of ether oxygens (including phenoxy) is 1. The molecule has 0 saturated carbocycles. The topological polar surface area (TPSA) is 55.6 Å². The Kier molecular flexibility index (Phi) is 4.44. The second-order valence-electron chi connectivity index (χ2n) is 4.23. The zero-order chi connectivity index (χ0) is 13.8. The average molecular weight is 279 g/mol. The molecule has 2 aromatic rings. The molecule has 0 radical (unpaired) electrons. The Morgan fingerprint density at radius 1 is 1.58 bits per heavy atom. The maximum atomic E-state index is 12.2. The molecule has 0 bridgehead atoms. The lowest BCUT2D eigenvalue weighted by Crippen LogP contribution is -2.35. The second-order valence-corrected chi connectivity index (χ2v) is 5.01. The maximum absolute atomic E-state index is 12.2. The van der Waals surface area contributed by atoms with Gasteiger partial charge in [-0.3, -0.25) is 9.20 Å². The van der Waals surface area contributed by atoms with Crippen LogP contribution in [-0.4, -0.2) is 41.3 Å². The van der Waals surface area contributed by atoms with Gasteiger partial charge in [-0.15, -0.1) is 0 Å². The summed E-state index contributed by atoms with van der Waals surface area (Å²) in [5.74, 6) is -0.173. The molecular weight excluding hydrogens is 262 g/mol. The maximum Gasteiger partial charge on any atom is 0.272 e. The van der Waals surface area contributed by atoms with E-state index in [1.54, 1.807) is 7.11 Å². The third-order valence-electron chi connectivity index (χ3n) is 2.71. The summed E-state index contributed by atoms with van der Waals surface area (Å²) in [5, 5.41) is 3.68. The molecule has 1 N–H and O–H groups in total. The summed E-state index contributed by atoms with van der Waals surface area (Å²) in [6.07, 6.45) is 3.85. The molecule has 0 fully saturated rings. The molecule has 2 heterocycles. The third kappa shape index (κ3) is 2.90. The fraction of sp³-hybridized carbons (Fsp3) is 0.385. The molecule has 0 spiro atoms. The smallest absolute Gasteiger partial charge is 0.272 e. The van der Waals surface area contributed by atoms with Crippen molar-refractivity contribution >= 4 is 23.2 Å². The molecule has 0 aliphatic carbocycles. The first-order valence-electron chi connectivity index (χ1n) is 5.98. The molecule has 0 aliphatic rings. The lowest BCUT2D eigenvalue weighted by Gasteiger charge is -2.11. The Balaban J connectivity index is 2.32. The van der Waals surface area contributed by atoms with E-state index in [9.17, 15) is 4.79 Å². The van der Waals surface area contributed by atoms with E-state index in [1.807, 2.05) is 42.0 Å². The van der Waals surface area contributed by atoms with E-state index >= 15 is 0 Å². The van der Waals surface area contributed by atoms with Crippen molar-refractivity contribution < 1.29 is 9.53 Å². The Morgan fingerprint density at radius 2 is 2.37 bits per heavy atom. The molecule has 0 aromatic carbocycles. The van der Waals surface area contributed by atoms with Crippen LogP contribution in [0.4, 0.5) is 0 Å². The van der Waals surface area contributed by atoms with Gasteiger partial charge in [0.05, 0.1) is 12.1 Å². The van der Waals surface area contributed by atoms with Gasteiger partial charge in [-0.25, -0.2) is 4.98 Å². The van der Waals surface area contributed by atoms with Crippen LogP contribution in [0, 0.1) is 0 Å². The lowest BCUT2D eigenvalue weighted by atomic mass is 10.3. The molecule has 1 atom stereocenters. The molecule has 0 unspecified atom stereocenters. The number of methoxy groups -OCH3 is 1. The number of nitrogens with zero attached hydrogens (tertiary/aromatic N) is 2. The number of amides is 1. The van der Waals surface area contributed by atoms with Gasteiger partial charge in [-0.1, -0.05) is 17.8 Å². The number of imidazole rings is 1. The average Bonchev–Trinajstić information content (AvgIpc) is 2.77. The summed E-state index contributed by atoms with van der Waals surface area (Å²) in [5.41, 5.74) is 1.27. The molecule has 1 amide bonds. The number of aromatic nitrogens is 2. The van der Waals surface area contributed by atoms with Crippen LogP contribution in [0.3, 0.4) is 0 Å². The van der Waals surface area contributed by atoms with E-state index in [0.717, 1.165) is 10.7 Å². The number of hydrogen-bond donors (Lipinski definition) is 1. The standard InChI is InChI=1S/C13H17N3O2S/c1-9(8-18-2)14-12(17)11-10-6-4-5-7-16(10)13(15-11)19-3/h4-7,9H,8H2,1-3H3,(H,14,17)/t9-/m1/s1. The molecule has 102 valence electrons. The molecular formula is C13H17N3O2S. The van der Waals surface area contributed by atoms with Crippen LogP contribution >= 0.6 is 11.8 Å². The van der Waals surface area contributed by atoms with Crippen LogP contribution in [0.25, 0.3) is 5.52 Å². The van der Waals surface area contributed by atoms with Crippen molar-refractivity contribution in [1.82, 2.24) is 14.7 Å². The number of carbonyl (C=O) groups excluding carboxylic acids is 1. The zero-order valence-electron chi connectivity index (χ0n) is 11.2. The van der Waals surface area contributed by atoms with Crippen LogP contribution in [0.1, 0.15) is 17.4 Å². The first kappa shape index (κ1) is 13.9. The number of pyridine rings is 1. The number of hydrogen-bond acceptors (Lipinski definition) is 4. The normalized spacial score (nSPS) is 12.6. The van der Waals surface area contributed by atoms with Crippen molar-refractivity contribution in [3.05, 3.63) is 30.1 Å². The quantitative estimate of drug-likeness (QED) is 0.848. The molecule has 0 saturated heterocycles. The minimum Gasteiger partial charge on any atom is -0.383 e. The second kappa shape index (κ2) is 6.08. The van der Waals surface area contributed by atoms with Gasteiger partial charge in [0.15, 0.2) is 10.9 Å². The van der Waals surface area contributed by atoms with E-state index in [4.69, 9.17) is 4.74 Å². The number of nitrogens with one attached hydrogen (secondary N) is 1. The summed E-state index contributed by atoms with van der Waals surface area (Å²) < 4.78 is 6.93. The molecule has 5 nitrogen and oxygen atoms in total. The van der Waals surface area contributed by atoms with Gasteiger partial charge in [-0.05, 0) is 25.3 Å². The summed E-state index contributed by atoms with van der Waals surface area (Å²) >= 11 is 1.51. The minimum absolute atomic E-state index is 0.0457. The van der Waals surface area contributed by atoms with Gasteiger partial charge in [0, 0.05) is 19.3 Å². The number of carbonyl (C=O) groups is 1. The van der Waals surface area contributed by atoms with Crippen LogP contribution in [0.5, 0.6) is 0 Å². The molecule has 2 aromatic heterocycles. The van der Waals surface area contributed by atoms with E-state index in [-0.39, 0.29) is 11.9 Å². The van der Waals surface area contributed by atoms with Gasteiger partial charge < -0.3 is 10.1 Å². The van der Waals surface area contributed by atoms with Crippen molar-refractivity contribution in [1.29, 1.82) is 0 Å². The first-order valence-corrected chi connectivity index (χ1v) is 7.20. The number of rotatable bonds is 5. The Hall–Kier alpha value is -1.53. The fourth-order valence-corrected chi connectivity index (χ4v) is 2.44. The van der Waals surface area contributed by atoms with Crippen molar-refractivity contribution in [2.24, 2.45) is 0 Å². The van der Waals surface area contributed by atoms with Gasteiger partial charge in [0.1, 0.15) is 0 Å². The Bertz CT molecular complexity index is 582. The number of thioether (sulfide) groups is 1. The van der Waals surface area contributed by atoms with Crippen molar-refractivity contribution in [3.8, 4) is 0 Å². The van der Waals surface area contributed by atoms with E-state index in [2.05, 4.69) is 10.3 Å². The molecule has 6 heteroatoms. The summed E-state index contributed by atoms with van der Waals surface area (Å²) in [6, 6.07) is 5.67. The highest BCUT2D eigenvalue weighted by molar-refractivity contribution is 7.98. The molecule has 2 rings (SSSR count). The molecule has 19 heavy (non-hydrogen) atoms. The highest BCUT2D eigenvalue weighted by Crippen LogP contribution is 2.19. The first-order chi connectivity index (χ1) is 9.17. The van der Waals surface area contributed by atoms with Crippen LogP contribution in [0.15, 0.2) is 29.6 Å². The van der Waals surface area contributed by atoms with Gasteiger partial charge >= 0.3 is 0 Å². The SMILES string of the molecule is COC[C@@H](C)NC(=O)c1nc(SC)n2ccccc12. The predicted molar refractivity (Wildman–Crippen MR) is 75.8 cm³/mol. The fourth-order valence-electron chi connectivity index (χ4n) is 1.90. The Morgan fingerprint density at radius 3 is 3.05 bits per heavy atom. The van der Waals surface area contributed by atoms with E-state index < -0.39 is 0 Å². The van der Waals surface area contributed by atoms with Crippen LogP contribution in [0.2, 0.25) is 0 Å². The van der Waals surface area contributed by atoms with Crippen molar-refractivity contribution in [2.75, 3.05) is 20.0 Å². The van der Waals surface area contributed by atoms with Crippen molar-refractivity contribution in [3.63, 3.8) is 0 Å². The van der Waals surface area contributed by atoms with Gasteiger partial charge in [-0.2, -0.15) is 0 Å². The predicted octanol–water partition coefficient (Wildman–Crippen LogP) is 1.82. The summed E-state index contributed by atoms with van der Waals surface area (Å²) in [7, 11) is 1.61. The van der Waals surface area contributed by atoms with Gasteiger partial charge in [0.2, 0.25) is 0 Å². The largest absolute Gasteiger partial charge is 0.383 e. The molecule has 0 aliphatic heterocycles.